The van der Waals surface area contributed by atoms with Gasteiger partial charge in [-0.1, -0.05) is 30.7 Å². The van der Waals surface area contributed by atoms with Crippen LogP contribution in [0.15, 0.2) is 42.5 Å². The van der Waals surface area contributed by atoms with Crippen molar-refractivity contribution >= 4 is 23.2 Å². The van der Waals surface area contributed by atoms with Crippen LogP contribution in [0.2, 0.25) is 5.02 Å². The number of rotatable bonds is 5. The van der Waals surface area contributed by atoms with Crippen LogP contribution >= 0.6 is 11.6 Å². The van der Waals surface area contributed by atoms with E-state index in [1.807, 2.05) is 38.1 Å². The molecule has 0 bridgehead atoms. The van der Waals surface area contributed by atoms with Gasteiger partial charge in [-0.25, -0.2) is 0 Å². The van der Waals surface area contributed by atoms with Gasteiger partial charge >= 0.3 is 0 Å². The van der Waals surface area contributed by atoms with Gasteiger partial charge in [0.05, 0.1) is 12.7 Å². The van der Waals surface area contributed by atoms with Gasteiger partial charge in [0.1, 0.15) is 5.75 Å². The van der Waals surface area contributed by atoms with Gasteiger partial charge in [-0.2, -0.15) is 0 Å². The Balaban J connectivity index is 2.45. The molecule has 0 heterocycles. The molecule has 0 fully saturated rings. The van der Waals surface area contributed by atoms with Crippen molar-refractivity contribution in [3.05, 3.63) is 58.6 Å². The Labute approximate surface area is 136 Å². The van der Waals surface area contributed by atoms with Crippen LogP contribution in [0.4, 0.5) is 5.69 Å². The molecule has 0 aliphatic carbocycles. The zero-order valence-electron chi connectivity index (χ0n) is 13.1. The van der Waals surface area contributed by atoms with E-state index >= 15 is 0 Å². The van der Waals surface area contributed by atoms with Gasteiger partial charge in [0.25, 0.3) is 5.91 Å². The maximum absolute atomic E-state index is 13.0. The van der Waals surface area contributed by atoms with E-state index in [2.05, 4.69) is 0 Å². The van der Waals surface area contributed by atoms with Gasteiger partial charge in [-0.3, -0.25) is 4.79 Å². The summed E-state index contributed by atoms with van der Waals surface area (Å²) in [6.45, 7) is 4.70. The molecule has 1 amide bonds. The monoisotopic (exact) mass is 317 g/mol. The van der Waals surface area contributed by atoms with Gasteiger partial charge in [0, 0.05) is 17.3 Å². The maximum atomic E-state index is 13.0. The molecule has 0 unspecified atom stereocenters. The molecule has 0 aliphatic rings. The second-order valence-corrected chi connectivity index (χ2v) is 5.58. The molecule has 0 aromatic heterocycles. The molecule has 3 nitrogen and oxygen atoms in total. The fourth-order valence-corrected chi connectivity index (χ4v) is 2.53. The van der Waals surface area contributed by atoms with Crippen LogP contribution in [0.3, 0.4) is 0 Å². The third-order valence-electron chi connectivity index (χ3n) is 3.40. The Morgan fingerprint density at radius 3 is 2.64 bits per heavy atom. The fraction of sp³-hybridized carbons (Fsp3) is 0.278. The van der Waals surface area contributed by atoms with Crippen molar-refractivity contribution in [3.63, 3.8) is 0 Å². The molecule has 2 aromatic rings. The lowest BCUT2D eigenvalue weighted by atomic mass is 10.1. The van der Waals surface area contributed by atoms with Crippen molar-refractivity contribution < 1.29 is 9.53 Å². The first kappa shape index (κ1) is 16.4. The first-order valence-corrected chi connectivity index (χ1v) is 7.66. The van der Waals surface area contributed by atoms with Crippen molar-refractivity contribution in [1.29, 1.82) is 0 Å². The zero-order chi connectivity index (χ0) is 16.1. The molecular formula is C18H20ClNO2. The SMILES string of the molecule is CCCN(C(=O)c1cc(Cl)ccc1OC)c1cccc(C)c1. The van der Waals surface area contributed by atoms with E-state index in [-0.39, 0.29) is 5.91 Å². The fourth-order valence-electron chi connectivity index (χ4n) is 2.36. The Morgan fingerprint density at radius 1 is 1.23 bits per heavy atom. The summed E-state index contributed by atoms with van der Waals surface area (Å²) in [5.41, 5.74) is 2.48. The number of hydrogen-bond donors (Lipinski definition) is 0. The molecule has 2 aromatic carbocycles. The second-order valence-electron chi connectivity index (χ2n) is 5.14. The van der Waals surface area contributed by atoms with E-state index < -0.39 is 0 Å². The number of hydrogen-bond acceptors (Lipinski definition) is 2. The molecule has 116 valence electrons. The average Bonchev–Trinajstić information content (AvgIpc) is 2.52. The second kappa shape index (κ2) is 7.32. The number of benzene rings is 2. The van der Waals surface area contributed by atoms with Gasteiger partial charge < -0.3 is 9.64 Å². The first-order valence-electron chi connectivity index (χ1n) is 7.29. The van der Waals surface area contributed by atoms with Crippen LogP contribution in [0.1, 0.15) is 29.3 Å². The summed E-state index contributed by atoms with van der Waals surface area (Å²) < 4.78 is 5.30. The van der Waals surface area contributed by atoms with Crippen molar-refractivity contribution in [2.45, 2.75) is 20.3 Å². The number of nitrogens with zero attached hydrogens (tertiary/aromatic N) is 1. The van der Waals surface area contributed by atoms with E-state index in [1.165, 1.54) is 0 Å². The summed E-state index contributed by atoms with van der Waals surface area (Å²) >= 11 is 6.04. The highest BCUT2D eigenvalue weighted by Crippen LogP contribution is 2.27. The summed E-state index contributed by atoms with van der Waals surface area (Å²) in [7, 11) is 1.55. The lowest BCUT2D eigenvalue weighted by molar-refractivity contribution is 0.0984. The van der Waals surface area contributed by atoms with Gasteiger partial charge in [-0.05, 0) is 49.2 Å². The van der Waals surface area contributed by atoms with Gasteiger partial charge in [0.15, 0.2) is 0 Å². The molecule has 0 aliphatic heterocycles. The highest BCUT2D eigenvalue weighted by molar-refractivity contribution is 6.31. The smallest absolute Gasteiger partial charge is 0.262 e. The van der Waals surface area contributed by atoms with E-state index in [9.17, 15) is 4.79 Å². The number of methoxy groups -OCH3 is 1. The first-order chi connectivity index (χ1) is 10.6. The minimum absolute atomic E-state index is 0.105. The number of halogens is 1. The van der Waals surface area contributed by atoms with E-state index in [4.69, 9.17) is 16.3 Å². The van der Waals surface area contributed by atoms with E-state index in [1.54, 1.807) is 30.2 Å². The molecule has 4 heteroatoms. The number of anilines is 1. The van der Waals surface area contributed by atoms with Crippen molar-refractivity contribution in [1.82, 2.24) is 0 Å². The van der Waals surface area contributed by atoms with Crippen LogP contribution in [-0.4, -0.2) is 19.6 Å². The normalized spacial score (nSPS) is 10.4. The maximum Gasteiger partial charge on any atom is 0.262 e. The van der Waals surface area contributed by atoms with Crippen molar-refractivity contribution in [3.8, 4) is 5.75 Å². The van der Waals surface area contributed by atoms with Gasteiger partial charge in [-0.15, -0.1) is 0 Å². The van der Waals surface area contributed by atoms with Crippen LogP contribution in [-0.2, 0) is 0 Å². The standard InChI is InChI=1S/C18H20ClNO2/c1-4-10-20(15-7-5-6-13(2)11-15)18(21)16-12-14(19)8-9-17(16)22-3/h5-9,11-12H,4,10H2,1-3H3. The number of aryl methyl sites for hydroxylation is 1. The predicted octanol–water partition coefficient (Wildman–Crippen LogP) is 4.71. The lowest BCUT2D eigenvalue weighted by Gasteiger charge is -2.23. The van der Waals surface area contributed by atoms with Crippen LogP contribution < -0.4 is 9.64 Å². The number of carbonyl (C=O) groups is 1. The molecular weight excluding hydrogens is 298 g/mol. The number of ether oxygens (including phenoxy) is 1. The quantitative estimate of drug-likeness (QED) is 0.799. The van der Waals surface area contributed by atoms with Crippen molar-refractivity contribution in [2.24, 2.45) is 0 Å². The third kappa shape index (κ3) is 3.60. The Bertz CT molecular complexity index is 670. The minimum atomic E-state index is -0.105. The highest BCUT2D eigenvalue weighted by Gasteiger charge is 2.21. The summed E-state index contributed by atoms with van der Waals surface area (Å²) in [4.78, 5) is 14.7. The van der Waals surface area contributed by atoms with Crippen molar-refractivity contribution in [2.75, 3.05) is 18.6 Å². The predicted molar refractivity (Wildman–Crippen MR) is 91.2 cm³/mol. The molecule has 2 rings (SSSR count). The van der Waals surface area contributed by atoms with E-state index in [0.29, 0.717) is 22.9 Å². The zero-order valence-corrected chi connectivity index (χ0v) is 13.9. The largest absolute Gasteiger partial charge is 0.496 e. The Hall–Kier alpha value is -2.00. The van der Waals surface area contributed by atoms with E-state index in [0.717, 1.165) is 17.7 Å². The molecule has 0 atom stereocenters. The lowest BCUT2D eigenvalue weighted by Crippen LogP contribution is -2.32. The molecule has 0 N–H and O–H groups in total. The van der Waals surface area contributed by atoms with Crippen LogP contribution in [0.5, 0.6) is 5.75 Å². The minimum Gasteiger partial charge on any atom is -0.496 e. The van der Waals surface area contributed by atoms with Crippen LogP contribution in [0, 0.1) is 6.92 Å². The third-order valence-corrected chi connectivity index (χ3v) is 3.63. The summed E-state index contributed by atoms with van der Waals surface area (Å²) in [6, 6.07) is 13.0. The summed E-state index contributed by atoms with van der Waals surface area (Å²) in [5, 5.41) is 0.518. The van der Waals surface area contributed by atoms with Crippen LogP contribution in [0.25, 0.3) is 0 Å². The summed E-state index contributed by atoms with van der Waals surface area (Å²) in [5.74, 6) is 0.426. The molecule has 0 saturated heterocycles. The number of amides is 1. The van der Waals surface area contributed by atoms with Gasteiger partial charge in [0.2, 0.25) is 0 Å². The molecule has 0 saturated carbocycles. The number of carbonyl (C=O) groups excluding carboxylic acids is 1. The Morgan fingerprint density at radius 2 is 2.00 bits per heavy atom. The molecule has 22 heavy (non-hydrogen) atoms. The molecule has 0 spiro atoms. The summed E-state index contributed by atoms with van der Waals surface area (Å²) in [6.07, 6.45) is 0.864. The highest BCUT2D eigenvalue weighted by atomic mass is 35.5. The Kier molecular flexibility index (Phi) is 5.45. The topological polar surface area (TPSA) is 29.5 Å². The average molecular weight is 318 g/mol. The molecule has 0 radical (unpaired) electrons.